The predicted octanol–water partition coefficient (Wildman–Crippen LogP) is 5.10. The molecule has 0 radical (unpaired) electrons. The van der Waals surface area contributed by atoms with Crippen molar-refractivity contribution < 1.29 is 4.42 Å². The quantitative estimate of drug-likeness (QED) is 0.838. The number of aryl methyl sites for hydroxylation is 1. The lowest BCUT2D eigenvalue weighted by atomic mass is 9.85. The van der Waals surface area contributed by atoms with E-state index in [1.165, 1.54) is 16.5 Å². The molecule has 0 spiro atoms. The van der Waals surface area contributed by atoms with Crippen LogP contribution in [0.1, 0.15) is 63.5 Å². The van der Waals surface area contributed by atoms with Crippen molar-refractivity contribution >= 4 is 11.0 Å². The van der Waals surface area contributed by atoms with Crippen molar-refractivity contribution in [3.05, 3.63) is 35.1 Å². The first-order valence-corrected chi connectivity index (χ1v) is 7.59. The van der Waals surface area contributed by atoms with E-state index in [0.29, 0.717) is 6.04 Å². The fourth-order valence-electron chi connectivity index (χ4n) is 2.76. The van der Waals surface area contributed by atoms with Crippen LogP contribution in [0.3, 0.4) is 0 Å². The van der Waals surface area contributed by atoms with Gasteiger partial charge in [-0.3, -0.25) is 0 Å². The second-order valence-corrected chi connectivity index (χ2v) is 6.70. The maximum Gasteiger partial charge on any atom is 0.138 e. The van der Waals surface area contributed by atoms with Crippen LogP contribution in [-0.2, 0) is 5.41 Å². The minimum atomic E-state index is 0.0982. The third kappa shape index (κ3) is 2.76. The Kier molecular flexibility index (Phi) is 4.24. The van der Waals surface area contributed by atoms with Crippen LogP contribution in [0, 0.1) is 6.92 Å². The van der Waals surface area contributed by atoms with Crippen molar-refractivity contribution in [3.63, 3.8) is 0 Å². The molecule has 0 saturated heterocycles. The standard InChI is InChI=1S/C18H27NO/c1-7-8-15(19-6)16-11-13-12(2)9-10-14(17(13)20-16)18(3,4)5/h9-11,15,19H,7-8H2,1-6H3. The summed E-state index contributed by atoms with van der Waals surface area (Å²) in [5.74, 6) is 1.06. The largest absolute Gasteiger partial charge is 0.459 e. The Morgan fingerprint density at radius 2 is 1.95 bits per heavy atom. The molecule has 1 aromatic carbocycles. The first kappa shape index (κ1) is 15.1. The lowest BCUT2D eigenvalue weighted by molar-refractivity contribution is 0.426. The topological polar surface area (TPSA) is 25.2 Å². The highest BCUT2D eigenvalue weighted by Crippen LogP contribution is 2.35. The van der Waals surface area contributed by atoms with E-state index in [9.17, 15) is 0 Å². The second-order valence-electron chi connectivity index (χ2n) is 6.70. The lowest BCUT2D eigenvalue weighted by Crippen LogP contribution is -2.15. The summed E-state index contributed by atoms with van der Waals surface area (Å²) < 4.78 is 6.25. The third-order valence-electron chi connectivity index (χ3n) is 4.00. The zero-order valence-corrected chi connectivity index (χ0v) is 13.6. The molecule has 2 aromatic rings. The van der Waals surface area contributed by atoms with Crippen molar-refractivity contribution in [2.75, 3.05) is 7.05 Å². The van der Waals surface area contributed by atoms with Crippen LogP contribution in [0.25, 0.3) is 11.0 Å². The number of furan rings is 1. The van der Waals surface area contributed by atoms with Gasteiger partial charge in [-0.15, -0.1) is 0 Å². The van der Waals surface area contributed by atoms with Crippen molar-refractivity contribution in [3.8, 4) is 0 Å². The summed E-state index contributed by atoms with van der Waals surface area (Å²) in [5.41, 5.74) is 3.73. The number of hydrogen-bond donors (Lipinski definition) is 1. The Labute approximate surface area is 122 Å². The molecule has 2 rings (SSSR count). The highest BCUT2D eigenvalue weighted by molar-refractivity contribution is 5.85. The van der Waals surface area contributed by atoms with Crippen LogP contribution in [0.15, 0.2) is 22.6 Å². The molecule has 1 heterocycles. The first-order chi connectivity index (χ1) is 9.38. The molecule has 2 nitrogen and oxygen atoms in total. The number of rotatable bonds is 4. The van der Waals surface area contributed by atoms with Gasteiger partial charge in [0.2, 0.25) is 0 Å². The Hall–Kier alpha value is -1.28. The van der Waals surface area contributed by atoms with Crippen molar-refractivity contribution in [1.29, 1.82) is 0 Å². The van der Waals surface area contributed by atoms with Gasteiger partial charge in [0.05, 0.1) is 6.04 Å². The minimum absolute atomic E-state index is 0.0982. The average molecular weight is 273 g/mol. The van der Waals surface area contributed by atoms with E-state index in [0.717, 1.165) is 24.2 Å². The van der Waals surface area contributed by atoms with E-state index in [2.05, 4.69) is 58.1 Å². The molecule has 1 atom stereocenters. The molecule has 1 unspecified atom stereocenters. The van der Waals surface area contributed by atoms with Gasteiger partial charge in [-0.25, -0.2) is 0 Å². The number of nitrogens with one attached hydrogen (secondary N) is 1. The third-order valence-corrected chi connectivity index (χ3v) is 4.00. The molecule has 0 saturated carbocycles. The summed E-state index contributed by atoms with van der Waals surface area (Å²) in [7, 11) is 2.01. The van der Waals surface area contributed by atoms with Crippen molar-refractivity contribution in [2.24, 2.45) is 0 Å². The van der Waals surface area contributed by atoms with Gasteiger partial charge < -0.3 is 9.73 Å². The van der Waals surface area contributed by atoms with Crippen LogP contribution in [0.5, 0.6) is 0 Å². The lowest BCUT2D eigenvalue weighted by Gasteiger charge is -2.19. The molecule has 0 aliphatic carbocycles. The molecule has 2 heteroatoms. The SMILES string of the molecule is CCCC(NC)c1cc2c(C)ccc(C(C)(C)C)c2o1. The van der Waals surface area contributed by atoms with E-state index in [1.807, 2.05) is 7.05 Å². The molecule has 0 fully saturated rings. The average Bonchev–Trinajstić information content (AvgIpc) is 2.80. The predicted molar refractivity (Wildman–Crippen MR) is 86.4 cm³/mol. The zero-order chi connectivity index (χ0) is 14.9. The Morgan fingerprint density at radius 3 is 2.50 bits per heavy atom. The van der Waals surface area contributed by atoms with Gasteiger partial charge in [0.1, 0.15) is 11.3 Å². The van der Waals surface area contributed by atoms with Gasteiger partial charge in [0.25, 0.3) is 0 Å². The molecule has 0 bridgehead atoms. The molecule has 0 aliphatic heterocycles. The zero-order valence-electron chi connectivity index (χ0n) is 13.6. The number of fused-ring (bicyclic) bond motifs is 1. The fourth-order valence-corrected chi connectivity index (χ4v) is 2.76. The molecule has 0 amide bonds. The molecule has 1 N–H and O–H groups in total. The van der Waals surface area contributed by atoms with Crippen LogP contribution in [0.4, 0.5) is 0 Å². The Bertz CT molecular complexity index is 589. The summed E-state index contributed by atoms with van der Waals surface area (Å²) in [5, 5.41) is 4.62. The van der Waals surface area contributed by atoms with Crippen molar-refractivity contribution in [2.45, 2.75) is 58.9 Å². The van der Waals surface area contributed by atoms with E-state index in [4.69, 9.17) is 4.42 Å². The minimum Gasteiger partial charge on any atom is -0.459 e. The van der Waals surface area contributed by atoms with Crippen LogP contribution >= 0.6 is 0 Å². The van der Waals surface area contributed by atoms with E-state index < -0.39 is 0 Å². The first-order valence-electron chi connectivity index (χ1n) is 7.59. The van der Waals surface area contributed by atoms with Crippen molar-refractivity contribution in [1.82, 2.24) is 5.32 Å². The summed E-state index contributed by atoms with van der Waals surface area (Å²) in [6.45, 7) is 11.1. The maximum atomic E-state index is 6.25. The van der Waals surface area contributed by atoms with Gasteiger partial charge in [-0.2, -0.15) is 0 Å². The molecule has 110 valence electrons. The summed E-state index contributed by atoms with van der Waals surface area (Å²) >= 11 is 0. The summed E-state index contributed by atoms with van der Waals surface area (Å²) in [6, 6.07) is 6.94. The fraction of sp³-hybridized carbons (Fsp3) is 0.556. The number of benzene rings is 1. The number of hydrogen-bond acceptors (Lipinski definition) is 2. The smallest absolute Gasteiger partial charge is 0.138 e. The van der Waals surface area contributed by atoms with Crippen LogP contribution < -0.4 is 5.32 Å². The highest BCUT2D eigenvalue weighted by atomic mass is 16.3. The molecular formula is C18H27NO. The molecule has 0 aliphatic rings. The molecule has 20 heavy (non-hydrogen) atoms. The van der Waals surface area contributed by atoms with Gasteiger partial charge >= 0.3 is 0 Å². The van der Waals surface area contributed by atoms with Gasteiger partial charge in [0.15, 0.2) is 0 Å². The Balaban J connectivity index is 2.60. The van der Waals surface area contributed by atoms with E-state index >= 15 is 0 Å². The van der Waals surface area contributed by atoms with Gasteiger partial charge in [-0.1, -0.05) is 46.2 Å². The molecule has 1 aromatic heterocycles. The summed E-state index contributed by atoms with van der Waals surface area (Å²) in [4.78, 5) is 0. The summed E-state index contributed by atoms with van der Waals surface area (Å²) in [6.07, 6.45) is 2.24. The van der Waals surface area contributed by atoms with Crippen LogP contribution in [-0.4, -0.2) is 7.05 Å². The second kappa shape index (κ2) is 5.61. The Morgan fingerprint density at radius 1 is 1.25 bits per heavy atom. The van der Waals surface area contributed by atoms with E-state index in [1.54, 1.807) is 0 Å². The monoisotopic (exact) mass is 273 g/mol. The van der Waals surface area contributed by atoms with E-state index in [-0.39, 0.29) is 5.41 Å². The van der Waals surface area contributed by atoms with Crippen LogP contribution in [0.2, 0.25) is 0 Å². The molecular weight excluding hydrogens is 246 g/mol. The van der Waals surface area contributed by atoms with Gasteiger partial charge in [0, 0.05) is 10.9 Å². The highest BCUT2D eigenvalue weighted by Gasteiger charge is 2.22. The van der Waals surface area contributed by atoms with Gasteiger partial charge in [-0.05, 0) is 37.4 Å². The normalized spacial score (nSPS) is 13.9. The maximum absolute atomic E-state index is 6.25.